The fourth-order valence-electron chi connectivity index (χ4n) is 3.08. The zero-order chi connectivity index (χ0) is 15.5. The quantitative estimate of drug-likeness (QED) is 0.944. The number of likely N-dealkylation sites (tertiary alicyclic amines) is 1. The third-order valence-corrected chi connectivity index (χ3v) is 4.33. The van der Waals surface area contributed by atoms with Crippen molar-refractivity contribution < 1.29 is 9.21 Å². The highest BCUT2D eigenvalue weighted by Crippen LogP contribution is 2.24. The molecule has 1 aromatic heterocycles. The van der Waals surface area contributed by atoms with E-state index in [0.717, 1.165) is 25.8 Å². The van der Waals surface area contributed by atoms with Gasteiger partial charge in [0.1, 0.15) is 12.0 Å². The summed E-state index contributed by atoms with van der Waals surface area (Å²) in [5, 5.41) is 0. The number of amides is 1. The van der Waals surface area contributed by atoms with Crippen LogP contribution < -0.4 is 5.73 Å². The Morgan fingerprint density at radius 1 is 1.36 bits per heavy atom. The van der Waals surface area contributed by atoms with Crippen LogP contribution >= 0.6 is 0 Å². The van der Waals surface area contributed by atoms with Crippen LogP contribution in [0, 0.1) is 6.92 Å². The van der Waals surface area contributed by atoms with Crippen molar-refractivity contribution in [2.75, 3.05) is 6.54 Å². The first-order valence-electron chi connectivity index (χ1n) is 7.81. The predicted molar refractivity (Wildman–Crippen MR) is 85.5 cm³/mol. The van der Waals surface area contributed by atoms with Gasteiger partial charge in [-0.25, -0.2) is 0 Å². The van der Waals surface area contributed by atoms with Crippen LogP contribution in [0.1, 0.15) is 40.1 Å². The SMILES string of the molecule is Cc1ccc(CC2CCCN2C(=O)c2coc(CN)c2)cc1. The number of carbonyl (C=O) groups excluding carboxylic acids is 1. The van der Waals surface area contributed by atoms with Crippen molar-refractivity contribution in [2.45, 2.75) is 38.8 Å². The van der Waals surface area contributed by atoms with Crippen molar-refractivity contribution in [3.05, 3.63) is 59.0 Å². The predicted octanol–water partition coefficient (Wildman–Crippen LogP) is 2.89. The van der Waals surface area contributed by atoms with Crippen LogP contribution in [0.2, 0.25) is 0 Å². The van der Waals surface area contributed by atoms with Crippen LogP contribution in [-0.2, 0) is 13.0 Å². The van der Waals surface area contributed by atoms with Gasteiger partial charge in [0, 0.05) is 12.6 Å². The largest absolute Gasteiger partial charge is 0.467 e. The number of hydrogen-bond acceptors (Lipinski definition) is 3. The Kier molecular flexibility index (Phi) is 4.29. The Bertz CT molecular complexity index is 645. The molecule has 0 bridgehead atoms. The van der Waals surface area contributed by atoms with Gasteiger partial charge in [0.15, 0.2) is 0 Å². The fraction of sp³-hybridized carbons (Fsp3) is 0.389. The van der Waals surface area contributed by atoms with Crippen LogP contribution in [0.5, 0.6) is 0 Å². The summed E-state index contributed by atoms with van der Waals surface area (Å²) in [7, 11) is 0. The third kappa shape index (κ3) is 3.07. The van der Waals surface area contributed by atoms with Crippen LogP contribution in [0.4, 0.5) is 0 Å². The summed E-state index contributed by atoms with van der Waals surface area (Å²) < 4.78 is 5.29. The highest BCUT2D eigenvalue weighted by atomic mass is 16.3. The van der Waals surface area contributed by atoms with E-state index in [9.17, 15) is 4.79 Å². The minimum Gasteiger partial charge on any atom is -0.467 e. The minimum absolute atomic E-state index is 0.0538. The van der Waals surface area contributed by atoms with Gasteiger partial charge in [-0.3, -0.25) is 4.79 Å². The summed E-state index contributed by atoms with van der Waals surface area (Å²) in [6.07, 6.45) is 4.55. The van der Waals surface area contributed by atoms with E-state index in [2.05, 4.69) is 31.2 Å². The zero-order valence-electron chi connectivity index (χ0n) is 12.9. The number of furan rings is 1. The molecule has 4 nitrogen and oxygen atoms in total. The van der Waals surface area contributed by atoms with Crippen molar-refractivity contribution in [3.8, 4) is 0 Å². The summed E-state index contributed by atoms with van der Waals surface area (Å²) in [4.78, 5) is 14.6. The van der Waals surface area contributed by atoms with Gasteiger partial charge >= 0.3 is 0 Å². The molecule has 2 heterocycles. The maximum absolute atomic E-state index is 12.7. The van der Waals surface area contributed by atoms with E-state index in [4.69, 9.17) is 10.2 Å². The Balaban J connectivity index is 1.72. The second-order valence-corrected chi connectivity index (χ2v) is 5.99. The topological polar surface area (TPSA) is 59.5 Å². The molecule has 1 aliphatic heterocycles. The van der Waals surface area contributed by atoms with Gasteiger partial charge in [-0.2, -0.15) is 0 Å². The first-order chi connectivity index (χ1) is 10.7. The summed E-state index contributed by atoms with van der Waals surface area (Å²) in [5.74, 6) is 0.704. The lowest BCUT2D eigenvalue weighted by Gasteiger charge is -2.24. The number of benzene rings is 1. The van der Waals surface area contributed by atoms with Gasteiger partial charge < -0.3 is 15.1 Å². The molecule has 1 saturated heterocycles. The molecule has 2 aromatic rings. The molecular formula is C18H22N2O2. The van der Waals surface area contributed by atoms with E-state index in [1.165, 1.54) is 17.4 Å². The van der Waals surface area contributed by atoms with E-state index in [1.807, 2.05) is 4.90 Å². The van der Waals surface area contributed by atoms with Crippen molar-refractivity contribution in [3.63, 3.8) is 0 Å². The van der Waals surface area contributed by atoms with Gasteiger partial charge in [-0.15, -0.1) is 0 Å². The van der Waals surface area contributed by atoms with Crippen molar-refractivity contribution in [1.82, 2.24) is 4.90 Å². The van der Waals surface area contributed by atoms with Gasteiger partial charge in [0.2, 0.25) is 0 Å². The van der Waals surface area contributed by atoms with Crippen LogP contribution in [0.3, 0.4) is 0 Å². The summed E-state index contributed by atoms with van der Waals surface area (Å²) in [6, 6.07) is 10.6. The lowest BCUT2D eigenvalue weighted by atomic mass is 10.0. The molecule has 2 N–H and O–H groups in total. The van der Waals surface area contributed by atoms with Gasteiger partial charge in [0.25, 0.3) is 5.91 Å². The maximum atomic E-state index is 12.7. The molecule has 1 aromatic carbocycles. The van der Waals surface area contributed by atoms with E-state index in [-0.39, 0.29) is 11.9 Å². The molecule has 1 fully saturated rings. The standard InChI is InChI=1S/C18H22N2O2/c1-13-4-6-14(7-5-13)9-16-3-2-8-20(16)18(21)15-10-17(11-19)22-12-15/h4-7,10,12,16H,2-3,8-9,11,19H2,1H3. The highest BCUT2D eigenvalue weighted by Gasteiger charge is 2.30. The Morgan fingerprint density at radius 3 is 2.82 bits per heavy atom. The number of nitrogens with zero attached hydrogens (tertiary/aromatic N) is 1. The first kappa shape index (κ1) is 14.9. The molecular weight excluding hydrogens is 276 g/mol. The van der Waals surface area contributed by atoms with Crippen molar-refractivity contribution in [2.24, 2.45) is 5.73 Å². The summed E-state index contributed by atoms with van der Waals surface area (Å²) in [5.41, 5.74) is 8.69. The average molecular weight is 298 g/mol. The van der Waals surface area contributed by atoms with Gasteiger partial charge in [0.05, 0.1) is 12.1 Å². The molecule has 1 atom stereocenters. The second kappa shape index (κ2) is 6.36. The molecule has 0 saturated carbocycles. The lowest BCUT2D eigenvalue weighted by Crippen LogP contribution is -2.36. The molecule has 1 aliphatic rings. The van der Waals surface area contributed by atoms with Crippen LogP contribution in [-0.4, -0.2) is 23.4 Å². The van der Waals surface area contributed by atoms with E-state index in [1.54, 1.807) is 6.07 Å². The number of carbonyl (C=O) groups is 1. The molecule has 1 amide bonds. The summed E-state index contributed by atoms with van der Waals surface area (Å²) in [6.45, 7) is 3.22. The Morgan fingerprint density at radius 2 is 2.14 bits per heavy atom. The number of rotatable bonds is 4. The maximum Gasteiger partial charge on any atom is 0.257 e. The smallest absolute Gasteiger partial charge is 0.257 e. The highest BCUT2D eigenvalue weighted by molar-refractivity contribution is 5.94. The van der Waals surface area contributed by atoms with E-state index in [0.29, 0.717) is 17.9 Å². The molecule has 22 heavy (non-hydrogen) atoms. The minimum atomic E-state index is 0.0538. The molecule has 3 rings (SSSR count). The number of hydrogen-bond donors (Lipinski definition) is 1. The Labute approximate surface area is 130 Å². The van der Waals surface area contributed by atoms with Gasteiger partial charge in [-0.05, 0) is 37.8 Å². The zero-order valence-corrected chi connectivity index (χ0v) is 12.9. The van der Waals surface area contributed by atoms with Crippen molar-refractivity contribution >= 4 is 5.91 Å². The molecule has 4 heteroatoms. The lowest BCUT2D eigenvalue weighted by molar-refractivity contribution is 0.0736. The number of aryl methyl sites for hydroxylation is 1. The molecule has 116 valence electrons. The van der Waals surface area contributed by atoms with Crippen LogP contribution in [0.25, 0.3) is 0 Å². The second-order valence-electron chi connectivity index (χ2n) is 5.99. The molecule has 0 aliphatic carbocycles. The first-order valence-corrected chi connectivity index (χ1v) is 7.81. The molecule has 1 unspecified atom stereocenters. The van der Waals surface area contributed by atoms with Crippen molar-refractivity contribution in [1.29, 1.82) is 0 Å². The average Bonchev–Trinajstić information content (AvgIpc) is 3.18. The summed E-state index contributed by atoms with van der Waals surface area (Å²) >= 11 is 0. The normalized spacial score (nSPS) is 17.9. The number of nitrogens with two attached hydrogens (primary N) is 1. The van der Waals surface area contributed by atoms with Crippen LogP contribution in [0.15, 0.2) is 41.0 Å². The molecule has 0 spiro atoms. The van der Waals surface area contributed by atoms with Gasteiger partial charge in [-0.1, -0.05) is 29.8 Å². The Hall–Kier alpha value is -2.07. The monoisotopic (exact) mass is 298 g/mol. The van der Waals surface area contributed by atoms with E-state index >= 15 is 0 Å². The fourth-order valence-corrected chi connectivity index (χ4v) is 3.08. The van der Waals surface area contributed by atoms with E-state index < -0.39 is 0 Å². The third-order valence-electron chi connectivity index (χ3n) is 4.33. The molecule has 0 radical (unpaired) electrons.